The van der Waals surface area contributed by atoms with E-state index in [9.17, 15) is 0 Å². The van der Waals surface area contributed by atoms with Crippen molar-refractivity contribution in [2.45, 2.75) is 18.5 Å². The Morgan fingerprint density at radius 2 is 2.00 bits per heavy atom. The fourth-order valence-electron chi connectivity index (χ4n) is 3.24. The number of hydrogen-bond acceptors (Lipinski definition) is 5. The molecule has 1 aliphatic rings. The number of nitrogens with one attached hydrogen (secondary N) is 1. The number of nitrogen functional groups attached to an aromatic ring is 1. The standard InChI is InChI=1S/C18H18BrN5O/c1-25-14-7-5-11(6-8-14)15-10-16(12-3-2-4-13(19)9-12)24-18(21-15)22-17(20)23-24/h2-9,15-16H,10H2,1H3,(H3,20,21,22,23)/t15-,16+/m0/s1. The van der Waals surface area contributed by atoms with E-state index >= 15 is 0 Å². The quantitative estimate of drug-likeness (QED) is 0.700. The monoisotopic (exact) mass is 399 g/mol. The Morgan fingerprint density at radius 1 is 1.20 bits per heavy atom. The molecule has 3 aromatic rings. The predicted molar refractivity (Wildman–Crippen MR) is 101 cm³/mol. The highest BCUT2D eigenvalue weighted by atomic mass is 79.9. The van der Waals surface area contributed by atoms with Crippen molar-refractivity contribution < 1.29 is 4.74 Å². The third-order valence-corrected chi connectivity index (χ3v) is 4.95. The van der Waals surface area contributed by atoms with Crippen LogP contribution >= 0.6 is 15.9 Å². The van der Waals surface area contributed by atoms with Crippen molar-refractivity contribution in [3.8, 4) is 5.75 Å². The van der Waals surface area contributed by atoms with Crippen molar-refractivity contribution >= 4 is 27.8 Å². The molecule has 0 bridgehead atoms. The Balaban J connectivity index is 1.73. The summed E-state index contributed by atoms with van der Waals surface area (Å²) in [6.45, 7) is 0. The van der Waals surface area contributed by atoms with Crippen LogP contribution in [0.2, 0.25) is 0 Å². The first-order valence-corrected chi connectivity index (χ1v) is 8.81. The van der Waals surface area contributed by atoms with Crippen molar-refractivity contribution in [1.82, 2.24) is 14.8 Å². The van der Waals surface area contributed by atoms with Gasteiger partial charge in [0.2, 0.25) is 11.9 Å². The molecule has 0 amide bonds. The van der Waals surface area contributed by atoms with Gasteiger partial charge in [0.15, 0.2) is 0 Å². The van der Waals surface area contributed by atoms with Gasteiger partial charge in [-0.2, -0.15) is 4.98 Å². The maximum atomic E-state index is 5.84. The van der Waals surface area contributed by atoms with Gasteiger partial charge in [0, 0.05) is 4.47 Å². The normalized spacial score (nSPS) is 19.1. The molecule has 0 radical (unpaired) electrons. The summed E-state index contributed by atoms with van der Waals surface area (Å²) >= 11 is 3.55. The molecule has 7 heteroatoms. The number of anilines is 2. The molecule has 0 fully saturated rings. The number of fused-ring (bicyclic) bond motifs is 1. The van der Waals surface area contributed by atoms with Gasteiger partial charge in [0.05, 0.1) is 19.2 Å². The predicted octanol–water partition coefficient (Wildman–Crippen LogP) is 3.78. The molecule has 25 heavy (non-hydrogen) atoms. The van der Waals surface area contributed by atoms with Crippen LogP contribution in [0, 0.1) is 0 Å². The van der Waals surface area contributed by atoms with Crippen LogP contribution in [0.4, 0.5) is 11.9 Å². The number of ether oxygens (including phenoxy) is 1. The number of aromatic nitrogens is 3. The summed E-state index contributed by atoms with van der Waals surface area (Å²) in [6.07, 6.45) is 0.846. The highest BCUT2D eigenvalue weighted by molar-refractivity contribution is 9.10. The van der Waals surface area contributed by atoms with E-state index < -0.39 is 0 Å². The summed E-state index contributed by atoms with van der Waals surface area (Å²) in [5.74, 6) is 1.81. The van der Waals surface area contributed by atoms with Crippen LogP contribution in [-0.2, 0) is 0 Å². The summed E-state index contributed by atoms with van der Waals surface area (Å²) in [4.78, 5) is 4.34. The molecule has 2 atom stereocenters. The van der Waals surface area contributed by atoms with Gasteiger partial charge in [-0.05, 0) is 41.8 Å². The molecule has 0 saturated heterocycles. The lowest BCUT2D eigenvalue weighted by Gasteiger charge is -2.31. The number of nitrogens with two attached hydrogens (primary N) is 1. The number of rotatable bonds is 3. The van der Waals surface area contributed by atoms with Crippen LogP contribution < -0.4 is 15.8 Å². The molecule has 4 rings (SSSR count). The summed E-state index contributed by atoms with van der Waals surface area (Å²) in [7, 11) is 1.67. The summed E-state index contributed by atoms with van der Waals surface area (Å²) < 4.78 is 8.16. The number of methoxy groups -OCH3 is 1. The molecular weight excluding hydrogens is 382 g/mol. The minimum Gasteiger partial charge on any atom is -0.497 e. The van der Waals surface area contributed by atoms with E-state index in [1.807, 2.05) is 28.9 Å². The largest absolute Gasteiger partial charge is 0.497 e. The Labute approximate surface area is 154 Å². The summed E-state index contributed by atoms with van der Waals surface area (Å²) in [6, 6.07) is 16.5. The molecule has 2 heterocycles. The number of hydrogen-bond donors (Lipinski definition) is 2. The Morgan fingerprint density at radius 3 is 2.72 bits per heavy atom. The van der Waals surface area contributed by atoms with E-state index in [2.05, 4.69) is 55.6 Å². The van der Waals surface area contributed by atoms with Crippen molar-refractivity contribution in [3.05, 3.63) is 64.1 Å². The second-order valence-corrected chi connectivity index (χ2v) is 6.93. The Bertz CT molecular complexity index is 893. The van der Waals surface area contributed by atoms with Crippen LogP contribution in [0.25, 0.3) is 0 Å². The maximum Gasteiger partial charge on any atom is 0.241 e. The summed E-state index contributed by atoms with van der Waals surface area (Å²) in [5.41, 5.74) is 8.18. The van der Waals surface area contributed by atoms with Gasteiger partial charge in [-0.15, -0.1) is 5.10 Å². The van der Waals surface area contributed by atoms with E-state index in [1.165, 1.54) is 11.1 Å². The van der Waals surface area contributed by atoms with Crippen LogP contribution in [0.15, 0.2) is 53.0 Å². The van der Waals surface area contributed by atoms with E-state index in [-0.39, 0.29) is 18.0 Å². The number of halogens is 1. The van der Waals surface area contributed by atoms with Crippen molar-refractivity contribution in [2.75, 3.05) is 18.2 Å². The molecular formula is C18H18BrN5O. The van der Waals surface area contributed by atoms with Crippen molar-refractivity contribution in [1.29, 1.82) is 0 Å². The second kappa shape index (κ2) is 6.40. The fraction of sp³-hybridized carbons (Fsp3) is 0.222. The first-order chi connectivity index (χ1) is 12.1. The van der Waals surface area contributed by atoms with Crippen molar-refractivity contribution in [3.63, 3.8) is 0 Å². The molecule has 1 aliphatic heterocycles. The smallest absolute Gasteiger partial charge is 0.241 e. The van der Waals surface area contributed by atoms with E-state index in [1.54, 1.807) is 7.11 Å². The number of nitrogens with zero attached hydrogens (tertiary/aromatic N) is 3. The maximum absolute atomic E-state index is 5.84. The molecule has 128 valence electrons. The van der Waals surface area contributed by atoms with Crippen molar-refractivity contribution in [2.24, 2.45) is 0 Å². The molecule has 3 N–H and O–H groups in total. The fourth-order valence-corrected chi connectivity index (χ4v) is 3.66. The van der Waals surface area contributed by atoms with Gasteiger partial charge < -0.3 is 15.8 Å². The zero-order chi connectivity index (χ0) is 17.4. The first kappa shape index (κ1) is 16.0. The van der Waals surface area contributed by atoms with Gasteiger partial charge in [0.1, 0.15) is 5.75 Å². The number of benzene rings is 2. The van der Waals surface area contributed by atoms with Crippen LogP contribution in [0.3, 0.4) is 0 Å². The molecule has 1 aromatic heterocycles. The van der Waals surface area contributed by atoms with Gasteiger partial charge in [-0.1, -0.05) is 40.2 Å². The zero-order valence-corrected chi connectivity index (χ0v) is 15.3. The SMILES string of the molecule is COc1ccc([C@@H]2C[C@H](c3cccc(Br)c3)n3nc(N)nc3N2)cc1. The topological polar surface area (TPSA) is 78.0 Å². The average molecular weight is 400 g/mol. The lowest BCUT2D eigenvalue weighted by atomic mass is 9.93. The summed E-state index contributed by atoms with van der Waals surface area (Å²) in [5, 5.41) is 7.82. The molecule has 0 saturated carbocycles. The van der Waals surface area contributed by atoms with E-state index in [0.29, 0.717) is 5.95 Å². The minimum atomic E-state index is 0.0608. The van der Waals surface area contributed by atoms with E-state index in [0.717, 1.165) is 16.6 Å². The second-order valence-electron chi connectivity index (χ2n) is 6.01. The molecule has 6 nitrogen and oxygen atoms in total. The third-order valence-electron chi connectivity index (χ3n) is 4.46. The molecule has 0 spiro atoms. The molecule has 2 aromatic carbocycles. The lowest BCUT2D eigenvalue weighted by Crippen LogP contribution is -2.28. The Hall–Kier alpha value is -2.54. The van der Waals surface area contributed by atoms with E-state index in [4.69, 9.17) is 10.5 Å². The molecule has 0 aliphatic carbocycles. The van der Waals surface area contributed by atoms with Crippen LogP contribution in [0.1, 0.15) is 29.6 Å². The highest BCUT2D eigenvalue weighted by Gasteiger charge is 2.30. The van der Waals surface area contributed by atoms with Gasteiger partial charge in [-0.3, -0.25) is 0 Å². The minimum absolute atomic E-state index is 0.0608. The lowest BCUT2D eigenvalue weighted by molar-refractivity contribution is 0.413. The van der Waals surface area contributed by atoms with Crippen LogP contribution in [0.5, 0.6) is 5.75 Å². The van der Waals surface area contributed by atoms with Gasteiger partial charge in [0.25, 0.3) is 0 Å². The zero-order valence-electron chi connectivity index (χ0n) is 13.7. The first-order valence-electron chi connectivity index (χ1n) is 8.02. The average Bonchev–Trinajstić information content (AvgIpc) is 3.01. The highest BCUT2D eigenvalue weighted by Crippen LogP contribution is 2.38. The molecule has 0 unspecified atom stereocenters. The third kappa shape index (κ3) is 3.07. The van der Waals surface area contributed by atoms with Gasteiger partial charge >= 0.3 is 0 Å². The van der Waals surface area contributed by atoms with Crippen LogP contribution in [-0.4, -0.2) is 21.9 Å². The van der Waals surface area contributed by atoms with Gasteiger partial charge in [-0.25, -0.2) is 4.68 Å². The Kier molecular flexibility index (Phi) is 4.09.